The maximum absolute atomic E-state index is 11.9. The van der Waals surface area contributed by atoms with E-state index in [9.17, 15) is 24.3 Å². The van der Waals surface area contributed by atoms with Gasteiger partial charge in [-0.2, -0.15) is 10.5 Å². The molecule has 2 aromatic rings. The number of guanidine groups is 2. The molecule has 0 aromatic heterocycles. The monoisotopic (exact) mass is 1430 g/mol. The molecule has 0 aliphatic heterocycles. The summed E-state index contributed by atoms with van der Waals surface area (Å²) in [5, 5.41) is 38.4. The second-order valence-corrected chi connectivity index (χ2v) is 28.7. The number of hydrogen-bond donors (Lipinski definition) is 5. The zero-order valence-electron chi connectivity index (χ0n) is 61.9. The van der Waals surface area contributed by atoms with Gasteiger partial charge in [-0.3, -0.25) is 45.5 Å². The van der Waals surface area contributed by atoms with Gasteiger partial charge < -0.3 is 38.3 Å². The Balaban J connectivity index is 0. The van der Waals surface area contributed by atoms with Gasteiger partial charge in [0.2, 0.25) is 25.0 Å². The van der Waals surface area contributed by atoms with Crippen molar-refractivity contribution in [1.82, 2.24) is 35.5 Å². The van der Waals surface area contributed by atoms with Crippen molar-refractivity contribution >= 4 is 73.9 Å². The maximum Gasteiger partial charge on any atom is 0.414 e. The van der Waals surface area contributed by atoms with Gasteiger partial charge in [0.05, 0.1) is 44.6 Å². The molecule has 26 heteroatoms. The van der Waals surface area contributed by atoms with Crippen molar-refractivity contribution in [2.24, 2.45) is 9.98 Å². The number of alkyl carbamates (subject to hydrolysis) is 4. The zero-order chi connectivity index (χ0) is 73.9. The highest BCUT2D eigenvalue weighted by Gasteiger charge is 2.29. The van der Waals surface area contributed by atoms with Gasteiger partial charge in [0.1, 0.15) is 21.5 Å². The normalized spacial score (nSPS) is 12.6. The number of aliphatic hydroxyl groups excluding tert-OH is 1. The first-order valence-corrected chi connectivity index (χ1v) is 38.6. The number of rotatable bonds is 41. The first-order valence-electron chi connectivity index (χ1n) is 35.2. The van der Waals surface area contributed by atoms with E-state index in [1.807, 2.05) is 37.3 Å². The van der Waals surface area contributed by atoms with Crippen LogP contribution in [0.4, 0.5) is 19.2 Å². The van der Waals surface area contributed by atoms with E-state index >= 15 is 0 Å². The second kappa shape index (κ2) is 61.8. The fraction of sp³-hybridized carbons (Fsp3) is 0.694. The minimum absolute atomic E-state index is 0.0412. The van der Waals surface area contributed by atoms with Gasteiger partial charge in [-0.15, -0.1) is 0 Å². The molecule has 23 nitrogen and oxygen atoms in total. The molecule has 2 aromatic carbocycles. The van der Waals surface area contributed by atoms with Crippen molar-refractivity contribution in [3.63, 3.8) is 0 Å². The predicted octanol–water partition coefficient (Wildman–Crippen LogP) is 16.1. The highest BCUT2D eigenvalue weighted by atomic mass is 35.7. The van der Waals surface area contributed by atoms with Crippen LogP contribution in [0.5, 0.6) is 0 Å². The summed E-state index contributed by atoms with van der Waals surface area (Å²) < 4.78 is 31.1. The molecule has 4 amide bonds. The van der Waals surface area contributed by atoms with E-state index < -0.39 is 40.1 Å². The summed E-state index contributed by atoms with van der Waals surface area (Å²) in [5.41, 5.74) is 0. The van der Waals surface area contributed by atoms with Crippen LogP contribution in [-0.4, -0.2) is 163 Å². The molecule has 4 unspecified atom stereocenters. The van der Waals surface area contributed by atoms with Gasteiger partial charge in [-0.25, -0.2) is 32.3 Å². The molecule has 2 rings (SSSR count). The van der Waals surface area contributed by atoms with E-state index in [0.717, 1.165) is 109 Å². The van der Waals surface area contributed by atoms with Crippen LogP contribution in [0.25, 0.3) is 9.69 Å². The summed E-state index contributed by atoms with van der Waals surface area (Å²) in [5.74, 6) is -0.187. The maximum atomic E-state index is 11.9. The number of aliphatic imine (C=N–C) groups is 2. The number of ether oxygens (including phenoxy) is 4. The number of carbonyl (C=O) groups is 4. The standard InChI is InChI=1S/C32H51N6O5P.C20H33N5O5.C12H19ClNP.C8H19N/c1-7-28(43-44(29-19-14-12-15-20-29)38(26(2)3)27(4)5)18-13-10-8-9-11-16-22-35-30(36-31(39)41-24-17-21-33)37-32(40)42-25-23-34-6;1-3-17(26)11-8-6-4-5-7-9-13-23-18(24-19(27)29-15-10-12-21)25-20(28)30-16-14-22-2;1-10(2)14(11(3)4)15(13)12-8-6-5-7-9-12;1-6-9(7(2)3)8(4)5/h12,14-15,19-20,26-28H,7-11,13,16-18,22-25H2,1-5H3,(H2,35,36,37,39,40);17,26H,3-11,13-16H2,1H3,(H2,23,24,25,27,28);5-11H,1-4H3;7-8H,6H2,1-5H3. The molecule has 98 heavy (non-hydrogen) atoms. The van der Waals surface area contributed by atoms with Gasteiger partial charge in [-0.05, 0) is 128 Å². The van der Waals surface area contributed by atoms with Gasteiger partial charge in [0.25, 0.3) is 0 Å². The van der Waals surface area contributed by atoms with Crippen molar-refractivity contribution in [2.45, 2.75) is 268 Å². The lowest BCUT2D eigenvalue weighted by Gasteiger charge is -2.39. The summed E-state index contributed by atoms with van der Waals surface area (Å²) in [6.45, 7) is 48.3. The lowest BCUT2D eigenvalue weighted by molar-refractivity contribution is 0.150. The number of amides is 4. The van der Waals surface area contributed by atoms with Crippen molar-refractivity contribution in [3.05, 3.63) is 83.5 Å². The van der Waals surface area contributed by atoms with Gasteiger partial charge in [0, 0.05) is 59.9 Å². The number of aliphatic hydroxyl groups is 1. The molecule has 0 aliphatic rings. The molecule has 0 radical (unpaired) electrons. The largest absolute Gasteiger partial charge is 0.448 e. The van der Waals surface area contributed by atoms with E-state index in [4.69, 9.17) is 58.4 Å². The minimum Gasteiger partial charge on any atom is -0.448 e. The summed E-state index contributed by atoms with van der Waals surface area (Å²) in [7, 11) is -1.59. The average molecular weight is 1430 g/mol. The molecule has 0 heterocycles. The highest BCUT2D eigenvalue weighted by molar-refractivity contribution is 7.88. The minimum atomic E-state index is -0.875. The Morgan fingerprint density at radius 2 is 0.878 bits per heavy atom. The first kappa shape index (κ1) is 93.8. The number of carbonyl (C=O) groups excluding carboxylic acids is 4. The molecule has 0 saturated heterocycles. The molecule has 0 saturated carbocycles. The molecule has 0 bridgehead atoms. The summed E-state index contributed by atoms with van der Waals surface area (Å²) in [6, 6.07) is 27.8. The third-order valence-corrected chi connectivity index (χ3v) is 20.2. The number of nitriles is 2. The number of unbranched alkanes of at least 4 members (excludes halogenated alkanes) is 10. The fourth-order valence-electron chi connectivity index (χ4n) is 9.78. The first-order chi connectivity index (χ1) is 46.9. The van der Waals surface area contributed by atoms with Crippen LogP contribution in [0.1, 0.15) is 219 Å². The number of halogens is 1. The lowest BCUT2D eigenvalue weighted by Crippen LogP contribution is -2.44. The third kappa shape index (κ3) is 49.3. The van der Waals surface area contributed by atoms with Crippen molar-refractivity contribution in [2.75, 3.05) is 59.2 Å². The topological polar surface area (TPSA) is 274 Å². The van der Waals surface area contributed by atoms with E-state index in [2.05, 4.69) is 195 Å². The van der Waals surface area contributed by atoms with E-state index in [1.54, 1.807) is 0 Å². The van der Waals surface area contributed by atoms with Crippen LogP contribution in [0.3, 0.4) is 0 Å². The van der Waals surface area contributed by atoms with Crippen molar-refractivity contribution in [1.29, 1.82) is 10.5 Å². The fourth-order valence-corrected chi connectivity index (χ4v) is 15.0. The van der Waals surface area contributed by atoms with Crippen molar-refractivity contribution < 1.29 is 47.8 Å². The smallest absolute Gasteiger partial charge is 0.414 e. The van der Waals surface area contributed by atoms with Crippen molar-refractivity contribution in [3.8, 4) is 12.1 Å². The van der Waals surface area contributed by atoms with Crippen LogP contribution in [0.15, 0.2) is 70.6 Å². The quantitative estimate of drug-likeness (QED) is 0.0103. The molecular weight excluding hydrogens is 1300 g/mol. The van der Waals surface area contributed by atoms with Crippen LogP contribution >= 0.6 is 27.0 Å². The van der Waals surface area contributed by atoms with Crippen LogP contribution in [0.2, 0.25) is 0 Å². The Labute approximate surface area is 597 Å². The molecule has 0 spiro atoms. The van der Waals surface area contributed by atoms with E-state index in [0.29, 0.717) is 49.3 Å². The van der Waals surface area contributed by atoms with Crippen LogP contribution < -0.4 is 31.9 Å². The second-order valence-electron chi connectivity index (χ2n) is 24.5. The lowest BCUT2D eigenvalue weighted by atomic mass is 10.1. The van der Waals surface area contributed by atoms with Crippen LogP contribution in [0, 0.1) is 35.8 Å². The molecule has 5 N–H and O–H groups in total. The van der Waals surface area contributed by atoms with Gasteiger partial charge >= 0.3 is 24.4 Å². The third-order valence-electron chi connectivity index (χ3n) is 14.4. The Morgan fingerprint density at radius 1 is 0.520 bits per heavy atom. The Hall–Kier alpha value is -6.23. The Kier molecular flexibility index (Phi) is 59.2. The SMILES string of the molecule is CC(C)N(C(C)C)P(Cl)c1ccccc1.CCN(C(C)C)C(C)C.[C-]#[N+]CCOC(=O)NC(=NCCCCCCCCC(CC)OP(c1ccccc1)N(C(C)C)C(C)C)NC(=O)OCCC#N.[C-]#[N+]CCOC(=O)NC(=NCCCCCCCCC(O)CC)NC(=O)OCCC#N. The Morgan fingerprint density at radius 3 is 1.20 bits per heavy atom. The number of nitrogens with one attached hydrogen (secondary N) is 4. The predicted molar refractivity (Wildman–Crippen MR) is 401 cm³/mol. The number of hydrogen-bond acceptors (Lipinski definition) is 17. The number of nitrogens with zero attached hydrogens (tertiary/aromatic N) is 9. The molecule has 0 aliphatic carbocycles. The Bertz CT molecular complexity index is 2520. The average Bonchev–Trinajstić information content (AvgIpc) is 0.842. The molecule has 552 valence electrons. The summed E-state index contributed by atoms with van der Waals surface area (Å²) in [4.78, 5) is 64.4. The number of benzene rings is 2. The van der Waals surface area contributed by atoms with Gasteiger partial charge in [-0.1, -0.05) is 157 Å². The van der Waals surface area contributed by atoms with Crippen LogP contribution in [-0.2, 0) is 23.5 Å². The van der Waals surface area contributed by atoms with Gasteiger partial charge in [0.15, 0.2) is 13.2 Å². The molecule has 4 atom stereocenters. The molecule has 0 fully saturated rings. The van der Waals surface area contributed by atoms with E-state index in [1.165, 1.54) is 10.6 Å². The summed E-state index contributed by atoms with van der Waals surface area (Å²) >= 11 is 6.55. The highest BCUT2D eigenvalue weighted by Crippen LogP contribution is 2.47. The summed E-state index contributed by atoms with van der Waals surface area (Å²) in [6.07, 6.45) is 12.6. The molecular formula is C72H122ClN13O10P2. The van der Waals surface area contributed by atoms with E-state index in [-0.39, 0.29) is 76.5 Å². The zero-order valence-corrected chi connectivity index (χ0v) is 64.4.